The number of aryl methyl sites for hydroxylation is 1. The summed E-state index contributed by atoms with van der Waals surface area (Å²) in [4.78, 5) is 45.6. The van der Waals surface area contributed by atoms with E-state index in [1.54, 1.807) is 19.1 Å². The van der Waals surface area contributed by atoms with Crippen molar-refractivity contribution in [1.82, 2.24) is 30.3 Å². The van der Waals surface area contributed by atoms with Gasteiger partial charge >= 0.3 is 0 Å². The number of hydrogen-bond donors (Lipinski definition) is 2. The number of nitrogens with zero attached hydrogens (tertiary/aromatic N) is 4. The zero-order valence-corrected chi connectivity index (χ0v) is 18.6. The van der Waals surface area contributed by atoms with Crippen LogP contribution in [0.3, 0.4) is 0 Å². The lowest BCUT2D eigenvalue weighted by Crippen LogP contribution is -2.41. The number of amides is 3. The minimum Gasteiger partial charge on any atom is -0.347 e. The van der Waals surface area contributed by atoms with Crippen LogP contribution >= 0.6 is 0 Å². The summed E-state index contributed by atoms with van der Waals surface area (Å²) in [6.07, 6.45) is 2.67. The highest BCUT2D eigenvalue weighted by molar-refractivity contribution is 5.94. The Morgan fingerprint density at radius 2 is 1.88 bits per heavy atom. The summed E-state index contributed by atoms with van der Waals surface area (Å²) in [5.74, 6) is 1.53. The third kappa shape index (κ3) is 4.98. The number of carbonyl (C=O) groups excluding carboxylic acids is 3. The van der Waals surface area contributed by atoms with E-state index < -0.39 is 0 Å². The van der Waals surface area contributed by atoms with E-state index in [4.69, 9.17) is 0 Å². The van der Waals surface area contributed by atoms with Gasteiger partial charge in [-0.05, 0) is 44.2 Å². The molecule has 2 atom stereocenters. The Balaban J connectivity index is 1.43. The first-order chi connectivity index (χ1) is 15.4. The van der Waals surface area contributed by atoms with E-state index in [2.05, 4.69) is 20.5 Å². The zero-order valence-electron chi connectivity index (χ0n) is 18.6. The summed E-state index contributed by atoms with van der Waals surface area (Å²) in [6.45, 7) is 5.25. The van der Waals surface area contributed by atoms with Crippen molar-refractivity contribution in [3.8, 4) is 0 Å². The molecule has 1 aromatic heterocycles. The monoisotopic (exact) mass is 438 g/mol. The summed E-state index contributed by atoms with van der Waals surface area (Å²) < 4.78 is 0. The molecule has 0 radical (unpaired) electrons. The second kappa shape index (κ2) is 9.50. The smallest absolute Gasteiger partial charge is 0.251 e. The summed E-state index contributed by atoms with van der Waals surface area (Å²) in [5.41, 5.74) is 0.597. The highest BCUT2D eigenvalue weighted by atomic mass is 16.2. The van der Waals surface area contributed by atoms with Crippen LogP contribution in [0.4, 0.5) is 0 Å². The van der Waals surface area contributed by atoms with E-state index in [0.717, 1.165) is 12.8 Å². The number of H-pyrrole nitrogens is 1. The lowest BCUT2D eigenvalue weighted by atomic mass is 9.93. The predicted molar refractivity (Wildman–Crippen MR) is 117 cm³/mol. The quantitative estimate of drug-likeness (QED) is 0.740. The molecule has 3 heterocycles. The molecule has 2 aliphatic heterocycles. The van der Waals surface area contributed by atoms with Gasteiger partial charge in [0.25, 0.3) is 5.91 Å². The minimum atomic E-state index is -0.272. The molecule has 0 saturated carbocycles. The number of nitrogens with one attached hydrogen (secondary N) is 2. The van der Waals surface area contributed by atoms with Crippen LogP contribution in [0.1, 0.15) is 60.7 Å². The molecule has 1 aromatic carbocycles. The highest BCUT2D eigenvalue weighted by Gasteiger charge is 2.39. The number of aromatic amines is 1. The van der Waals surface area contributed by atoms with E-state index in [1.807, 2.05) is 34.9 Å². The van der Waals surface area contributed by atoms with Gasteiger partial charge in [0.1, 0.15) is 5.82 Å². The van der Waals surface area contributed by atoms with Crippen molar-refractivity contribution in [2.24, 2.45) is 5.92 Å². The maximum Gasteiger partial charge on any atom is 0.251 e. The van der Waals surface area contributed by atoms with Gasteiger partial charge in [0.05, 0.1) is 6.04 Å². The molecule has 2 aromatic rings. The molecular weight excluding hydrogens is 408 g/mol. The fourth-order valence-corrected chi connectivity index (χ4v) is 4.64. The summed E-state index contributed by atoms with van der Waals surface area (Å²) in [5, 5.41) is 10.2. The third-order valence-corrected chi connectivity index (χ3v) is 6.43. The van der Waals surface area contributed by atoms with E-state index >= 15 is 0 Å². The normalized spacial score (nSPS) is 21.6. The van der Waals surface area contributed by atoms with E-state index in [9.17, 15) is 14.4 Å². The van der Waals surface area contributed by atoms with E-state index in [0.29, 0.717) is 49.7 Å². The molecule has 0 unspecified atom stereocenters. The Hall–Kier alpha value is -3.23. The van der Waals surface area contributed by atoms with Crippen molar-refractivity contribution >= 4 is 17.7 Å². The minimum absolute atomic E-state index is 0.0511. The van der Waals surface area contributed by atoms with Crippen molar-refractivity contribution in [3.05, 3.63) is 47.5 Å². The van der Waals surface area contributed by atoms with Crippen LogP contribution in [0.5, 0.6) is 0 Å². The lowest BCUT2D eigenvalue weighted by Gasteiger charge is -2.32. The molecule has 2 fully saturated rings. The zero-order chi connectivity index (χ0) is 22.7. The van der Waals surface area contributed by atoms with Crippen LogP contribution in [0.2, 0.25) is 0 Å². The molecule has 2 N–H and O–H groups in total. The number of piperidine rings is 1. The molecule has 9 nitrogen and oxygen atoms in total. The van der Waals surface area contributed by atoms with Gasteiger partial charge in [0, 0.05) is 44.6 Å². The summed E-state index contributed by atoms with van der Waals surface area (Å²) >= 11 is 0. The summed E-state index contributed by atoms with van der Waals surface area (Å²) in [6, 6.07) is 8.63. The number of benzene rings is 1. The average Bonchev–Trinajstić information content (AvgIpc) is 3.41. The third-order valence-electron chi connectivity index (χ3n) is 6.43. The average molecular weight is 439 g/mol. The highest BCUT2D eigenvalue weighted by Crippen LogP contribution is 2.32. The van der Waals surface area contributed by atoms with Gasteiger partial charge in [0.2, 0.25) is 11.8 Å². The van der Waals surface area contributed by atoms with Gasteiger partial charge < -0.3 is 15.1 Å². The largest absolute Gasteiger partial charge is 0.347 e. The Morgan fingerprint density at radius 1 is 1.16 bits per heavy atom. The first kappa shape index (κ1) is 22.0. The van der Waals surface area contributed by atoms with Crippen LogP contribution in [0.25, 0.3) is 0 Å². The molecule has 4 rings (SSSR count). The SMILES string of the molecule is CC(=O)N1CCC(CC(=O)N2C[C@@H](NC(=O)c3ccccc3)C[C@H]2c2n[nH]c(C)n2)CC1. The molecule has 2 aliphatic rings. The van der Waals surface area contributed by atoms with Crippen molar-refractivity contribution in [3.63, 3.8) is 0 Å². The Bertz CT molecular complexity index is 967. The Labute approximate surface area is 187 Å². The number of likely N-dealkylation sites (tertiary alicyclic amines) is 2. The molecule has 3 amide bonds. The van der Waals surface area contributed by atoms with Crippen LogP contribution in [0, 0.1) is 12.8 Å². The number of carbonyl (C=O) groups is 3. The Kier molecular flexibility index (Phi) is 6.53. The molecule has 0 spiro atoms. The maximum absolute atomic E-state index is 13.3. The van der Waals surface area contributed by atoms with E-state index in [-0.39, 0.29) is 35.7 Å². The fraction of sp³-hybridized carbons (Fsp3) is 0.522. The van der Waals surface area contributed by atoms with Gasteiger partial charge in [0.15, 0.2) is 5.82 Å². The molecule has 170 valence electrons. The number of hydrogen-bond acceptors (Lipinski definition) is 5. The van der Waals surface area contributed by atoms with Crippen LogP contribution in [-0.4, -0.2) is 68.4 Å². The number of aromatic nitrogens is 3. The molecule has 0 aliphatic carbocycles. The maximum atomic E-state index is 13.3. The van der Waals surface area contributed by atoms with Gasteiger partial charge in [-0.1, -0.05) is 18.2 Å². The predicted octanol–water partition coefficient (Wildman–Crippen LogP) is 1.83. The topological polar surface area (TPSA) is 111 Å². The molecule has 0 bridgehead atoms. The first-order valence-electron chi connectivity index (χ1n) is 11.2. The molecule has 9 heteroatoms. The van der Waals surface area contributed by atoms with Crippen LogP contribution < -0.4 is 5.32 Å². The second-order valence-electron chi connectivity index (χ2n) is 8.77. The van der Waals surface area contributed by atoms with Crippen LogP contribution in [0.15, 0.2) is 30.3 Å². The molecule has 32 heavy (non-hydrogen) atoms. The lowest BCUT2D eigenvalue weighted by molar-refractivity contribution is -0.134. The second-order valence-corrected chi connectivity index (χ2v) is 8.77. The molecular formula is C23H30N6O3. The van der Waals surface area contributed by atoms with Gasteiger partial charge in [-0.2, -0.15) is 5.10 Å². The Morgan fingerprint density at radius 3 is 2.50 bits per heavy atom. The molecule has 2 saturated heterocycles. The van der Waals surface area contributed by atoms with Crippen molar-refractivity contribution < 1.29 is 14.4 Å². The summed E-state index contributed by atoms with van der Waals surface area (Å²) in [7, 11) is 0. The number of rotatable bonds is 5. The standard InChI is InChI=1S/C23H30N6O3/c1-15-24-22(27-26-15)20-13-19(25-23(32)18-6-4-3-5-7-18)14-29(20)21(31)12-17-8-10-28(11-9-17)16(2)30/h3-7,17,19-20H,8-14H2,1-2H3,(H,25,32)(H,24,26,27)/t19-,20-/m0/s1. The van der Waals surface area contributed by atoms with Gasteiger partial charge in [-0.3, -0.25) is 19.5 Å². The first-order valence-corrected chi connectivity index (χ1v) is 11.2. The fourth-order valence-electron chi connectivity index (χ4n) is 4.64. The van der Waals surface area contributed by atoms with Crippen molar-refractivity contribution in [2.45, 2.75) is 51.6 Å². The van der Waals surface area contributed by atoms with E-state index in [1.165, 1.54) is 0 Å². The van der Waals surface area contributed by atoms with Crippen LogP contribution in [-0.2, 0) is 9.59 Å². The van der Waals surface area contributed by atoms with Gasteiger partial charge in [-0.15, -0.1) is 0 Å². The van der Waals surface area contributed by atoms with Crippen molar-refractivity contribution in [1.29, 1.82) is 0 Å². The van der Waals surface area contributed by atoms with Crippen molar-refractivity contribution in [2.75, 3.05) is 19.6 Å². The van der Waals surface area contributed by atoms with Gasteiger partial charge in [-0.25, -0.2) is 4.98 Å².